The van der Waals surface area contributed by atoms with E-state index >= 15 is 0 Å². The van der Waals surface area contributed by atoms with Gasteiger partial charge in [-0.25, -0.2) is 9.97 Å². The summed E-state index contributed by atoms with van der Waals surface area (Å²) in [7, 11) is 0. The molecule has 0 atom stereocenters. The standard InChI is InChI=1S/C46H44N4O.Pt/c1-45(2,35-15-7-5-8-16-35)37-23-25-47-43(29-37)49-27-11-13-33-19-21-39(31-41(33)49)51-40-22-20-34-14-12-28-50(42(34)32-40)44-30-38(24-26-48-44)46(3,4)36-17-9-6-10-18-36;/h5-10,15-26,29-30H,11-14,27-28H2,1-4H3;/q-2;+2. The van der Waals surface area contributed by atoms with Gasteiger partial charge in [-0.3, -0.25) is 0 Å². The molecule has 6 heteroatoms. The van der Waals surface area contributed by atoms with Crippen molar-refractivity contribution in [3.05, 3.63) is 167 Å². The molecule has 4 aromatic carbocycles. The number of fused-ring (bicyclic) bond motifs is 2. The van der Waals surface area contributed by atoms with Crippen molar-refractivity contribution in [1.82, 2.24) is 9.97 Å². The fourth-order valence-corrected chi connectivity index (χ4v) is 7.60. The van der Waals surface area contributed by atoms with E-state index in [1.807, 2.05) is 24.5 Å². The Balaban J connectivity index is 0.00000420. The van der Waals surface area contributed by atoms with Gasteiger partial charge in [-0.15, -0.1) is 35.4 Å². The number of hydrogen-bond donors (Lipinski definition) is 0. The summed E-state index contributed by atoms with van der Waals surface area (Å²) in [4.78, 5) is 14.3. The average molecular weight is 864 g/mol. The minimum atomic E-state index is -0.155. The van der Waals surface area contributed by atoms with Crippen LogP contribution in [0.3, 0.4) is 0 Å². The van der Waals surface area contributed by atoms with Crippen molar-refractivity contribution in [2.24, 2.45) is 0 Å². The van der Waals surface area contributed by atoms with Crippen molar-refractivity contribution in [2.75, 3.05) is 22.9 Å². The van der Waals surface area contributed by atoms with Crippen molar-refractivity contribution in [1.29, 1.82) is 0 Å². The first kappa shape index (κ1) is 35.7. The molecule has 2 aromatic heterocycles. The van der Waals surface area contributed by atoms with Gasteiger partial charge in [0.15, 0.2) is 0 Å². The van der Waals surface area contributed by atoms with Crippen LogP contribution in [0.4, 0.5) is 23.0 Å². The van der Waals surface area contributed by atoms with E-state index in [2.05, 4.69) is 147 Å². The van der Waals surface area contributed by atoms with Crippen LogP contribution in [0, 0.1) is 12.1 Å². The van der Waals surface area contributed by atoms with Crippen LogP contribution in [0.5, 0.6) is 11.5 Å². The van der Waals surface area contributed by atoms with Gasteiger partial charge >= 0.3 is 21.1 Å². The zero-order chi connectivity index (χ0) is 35.0. The fraction of sp³-hybridized carbons (Fsp3) is 0.261. The first-order valence-electron chi connectivity index (χ1n) is 18.1. The SMILES string of the molecule is CC(C)(c1ccccc1)c1ccnc(N2CCCc3ccc(Oc4[c-]c5c(cc4)CCCN5c4cc(C(C)(C)c5ccccc5)ccn4)[c-]c32)c1.[Pt+2]. The van der Waals surface area contributed by atoms with E-state index in [1.54, 1.807) is 0 Å². The van der Waals surface area contributed by atoms with Gasteiger partial charge in [0.05, 0.1) is 0 Å². The van der Waals surface area contributed by atoms with Crippen LogP contribution in [0.2, 0.25) is 0 Å². The second kappa shape index (κ2) is 14.7. The largest absolute Gasteiger partial charge is 2.00 e. The molecular formula is C46H44N4OPt. The zero-order valence-electron chi connectivity index (χ0n) is 30.3. The smallest absolute Gasteiger partial charge is 0.509 e. The summed E-state index contributed by atoms with van der Waals surface area (Å²) in [6.07, 6.45) is 7.99. The van der Waals surface area contributed by atoms with Gasteiger partial charge in [-0.1, -0.05) is 113 Å². The van der Waals surface area contributed by atoms with Gasteiger partial charge in [0.25, 0.3) is 0 Å². The number of rotatable bonds is 8. The van der Waals surface area contributed by atoms with Crippen molar-refractivity contribution >= 4 is 23.0 Å². The molecule has 0 fully saturated rings. The quantitative estimate of drug-likeness (QED) is 0.143. The second-order valence-electron chi connectivity index (χ2n) is 14.8. The van der Waals surface area contributed by atoms with Crippen LogP contribution in [0.15, 0.2) is 122 Å². The number of anilines is 4. The maximum atomic E-state index is 6.55. The molecule has 264 valence electrons. The maximum absolute atomic E-state index is 6.55. The van der Waals surface area contributed by atoms with E-state index in [4.69, 9.17) is 14.7 Å². The topological polar surface area (TPSA) is 41.5 Å². The van der Waals surface area contributed by atoms with Crippen molar-refractivity contribution in [3.8, 4) is 11.5 Å². The molecule has 0 spiro atoms. The third-order valence-corrected chi connectivity index (χ3v) is 10.9. The Morgan fingerprint density at radius 2 is 0.962 bits per heavy atom. The predicted molar refractivity (Wildman–Crippen MR) is 207 cm³/mol. The van der Waals surface area contributed by atoms with Gasteiger partial charge in [-0.2, -0.15) is 12.1 Å². The first-order valence-corrected chi connectivity index (χ1v) is 18.1. The number of pyridine rings is 2. The maximum Gasteiger partial charge on any atom is 2.00 e. The Labute approximate surface area is 323 Å². The number of hydrogen-bond acceptors (Lipinski definition) is 5. The molecule has 52 heavy (non-hydrogen) atoms. The number of nitrogens with zero attached hydrogens (tertiary/aromatic N) is 4. The Bertz CT molecular complexity index is 2010. The summed E-state index contributed by atoms with van der Waals surface area (Å²) >= 11 is 0. The summed E-state index contributed by atoms with van der Waals surface area (Å²) in [5.41, 5.74) is 9.29. The molecule has 0 aliphatic carbocycles. The summed E-state index contributed by atoms with van der Waals surface area (Å²) in [5, 5.41) is 0. The predicted octanol–water partition coefficient (Wildman–Crippen LogP) is 10.7. The van der Waals surface area contributed by atoms with Gasteiger partial charge in [-0.05, 0) is 59.4 Å². The van der Waals surface area contributed by atoms with Crippen molar-refractivity contribution in [3.63, 3.8) is 0 Å². The Hall–Kier alpha value is -4.73. The van der Waals surface area contributed by atoms with Crippen LogP contribution in [0.1, 0.15) is 73.9 Å². The Morgan fingerprint density at radius 3 is 1.38 bits per heavy atom. The summed E-state index contributed by atoms with van der Waals surface area (Å²) in [6.45, 7) is 10.9. The molecule has 2 aliphatic heterocycles. The monoisotopic (exact) mass is 863 g/mol. The van der Waals surface area contributed by atoms with Crippen molar-refractivity contribution < 1.29 is 25.8 Å². The molecule has 0 bridgehead atoms. The second-order valence-corrected chi connectivity index (χ2v) is 14.8. The van der Waals surface area contributed by atoms with Crippen LogP contribution < -0.4 is 14.5 Å². The van der Waals surface area contributed by atoms with Gasteiger partial charge in [0.1, 0.15) is 11.6 Å². The molecule has 0 unspecified atom stereocenters. The molecule has 0 saturated carbocycles. The molecule has 4 heterocycles. The minimum absolute atomic E-state index is 0. The Kier molecular flexibility index (Phi) is 10.1. The van der Waals surface area contributed by atoms with E-state index < -0.39 is 0 Å². The summed E-state index contributed by atoms with van der Waals surface area (Å²) < 4.78 is 6.55. The van der Waals surface area contributed by atoms with Gasteiger partial charge < -0.3 is 14.5 Å². The minimum Gasteiger partial charge on any atom is -0.509 e. The van der Waals surface area contributed by atoms with Crippen LogP contribution in [-0.2, 0) is 44.7 Å². The van der Waals surface area contributed by atoms with E-state index in [9.17, 15) is 0 Å². The van der Waals surface area contributed by atoms with E-state index in [0.717, 1.165) is 61.8 Å². The average Bonchev–Trinajstić information content (AvgIpc) is 3.18. The molecule has 6 aromatic rings. The van der Waals surface area contributed by atoms with Crippen molar-refractivity contribution in [2.45, 2.75) is 64.2 Å². The molecule has 0 saturated heterocycles. The fourth-order valence-electron chi connectivity index (χ4n) is 7.60. The molecule has 0 amide bonds. The van der Waals surface area contributed by atoms with E-state index in [0.29, 0.717) is 11.5 Å². The van der Waals surface area contributed by atoms with Gasteiger partial charge in [0, 0.05) is 47.8 Å². The zero-order valence-corrected chi connectivity index (χ0v) is 32.6. The van der Waals surface area contributed by atoms with Gasteiger partial charge in [0.2, 0.25) is 0 Å². The normalized spacial score (nSPS) is 14.2. The number of ether oxygens (including phenoxy) is 1. The Morgan fingerprint density at radius 1 is 0.538 bits per heavy atom. The molecule has 0 radical (unpaired) electrons. The molecule has 2 aliphatic rings. The first-order chi connectivity index (χ1) is 24.8. The molecule has 0 N–H and O–H groups in total. The third-order valence-electron chi connectivity index (χ3n) is 10.9. The number of aromatic nitrogens is 2. The van der Waals surface area contributed by atoms with Crippen LogP contribution in [0.25, 0.3) is 0 Å². The molecular weight excluding hydrogens is 820 g/mol. The third kappa shape index (κ3) is 6.91. The van der Waals surface area contributed by atoms with E-state index in [1.165, 1.54) is 33.4 Å². The summed E-state index contributed by atoms with van der Waals surface area (Å²) in [5.74, 6) is 3.22. The summed E-state index contributed by atoms with van der Waals surface area (Å²) in [6, 6.07) is 45.8. The van der Waals surface area contributed by atoms with E-state index in [-0.39, 0.29) is 31.9 Å². The molecule has 8 rings (SSSR count). The van der Waals surface area contributed by atoms with Crippen LogP contribution in [-0.4, -0.2) is 23.1 Å². The van der Waals surface area contributed by atoms with Crippen LogP contribution >= 0.6 is 0 Å². The number of aryl methyl sites for hydroxylation is 2. The molecule has 5 nitrogen and oxygen atoms in total. The number of benzene rings is 4.